The van der Waals surface area contributed by atoms with Crippen molar-refractivity contribution in [2.75, 3.05) is 14.2 Å². The lowest BCUT2D eigenvalue weighted by Crippen LogP contribution is -2.08. The van der Waals surface area contributed by atoms with E-state index in [0.717, 1.165) is 12.8 Å². The summed E-state index contributed by atoms with van der Waals surface area (Å²) in [5.41, 5.74) is 0.445. The minimum absolute atomic E-state index is 0.0198. The van der Waals surface area contributed by atoms with Crippen molar-refractivity contribution < 1.29 is 19.1 Å². The molecule has 0 aliphatic carbocycles. The summed E-state index contributed by atoms with van der Waals surface area (Å²) in [6.07, 6.45) is 2.18. The molecule has 1 aromatic carbocycles. The smallest absolute Gasteiger partial charge is 0.170 e. The summed E-state index contributed by atoms with van der Waals surface area (Å²) >= 11 is 0. The van der Waals surface area contributed by atoms with Crippen LogP contribution in [0.15, 0.2) is 18.2 Å². The minimum Gasteiger partial charge on any atom is -0.497 e. The van der Waals surface area contributed by atoms with E-state index in [0.29, 0.717) is 23.5 Å². The largest absolute Gasteiger partial charge is 0.497 e. The molecular formula is C15H20O4. The molecule has 0 aliphatic heterocycles. The van der Waals surface area contributed by atoms with Crippen molar-refractivity contribution in [1.29, 1.82) is 0 Å². The standard InChI is InChI=1S/C15H20O4/c1-4-5-6-12(16)9-15(17)11-7-13(18-2)10-14(8-11)19-3/h7-8,10H,4-6,9H2,1-3H3. The van der Waals surface area contributed by atoms with Crippen molar-refractivity contribution in [2.24, 2.45) is 0 Å². The molecular weight excluding hydrogens is 244 g/mol. The highest BCUT2D eigenvalue weighted by atomic mass is 16.5. The second-order valence-corrected chi connectivity index (χ2v) is 4.34. The number of hydrogen-bond donors (Lipinski definition) is 0. The van der Waals surface area contributed by atoms with E-state index in [1.54, 1.807) is 18.2 Å². The Morgan fingerprint density at radius 2 is 1.63 bits per heavy atom. The van der Waals surface area contributed by atoms with Gasteiger partial charge in [-0.2, -0.15) is 0 Å². The van der Waals surface area contributed by atoms with Gasteiger partial charge in [0.05, 0.1) is 20.6 Å². The SMILES string of the molecule is CCCCC(=O)CC(=O)c1cc(OC)cc(OC)c1. The second kappa shape index (κ2) is 7.56. The number of ketones is 2. The molecule has 0 saturated carbocycles. The van der Waals surface area contributed by atoms with Crippen LogP contribution in [-0.4, -0.2) is 25.8 Å². The summed E-state index contributed by atoms with van der Waals surface area (Å²) in [6, 6.07) is 4.94. The van der Waals surface area contributed by atoms with Crippen LogP contribution in [0.5, 0.6) is 11.5 Å². The molecule has 0 atom stereocenters. The fraction of sp³-hybridized carbons (Fsp3) is 0.467. The van der Waals surface area contributed by atoms with Crippen molar-refractivity contribution in [3.8, 4) is 11.5 Å². The van der Waals surface area contributed by atoms with Gasteiger partial charge in [-0.25, -0.2) is 0 Å². The summed E-state index contributed by atoms with van der Waals surface area (Å²) in [4.78, 5) is 23.6. The van der Waals surface area contributed by atoms with Gasteiger partial charge in [-0.1, -0.05) is 13.3 Å². The van der Waals surface area contributed by atoms with Gasteiger partial charge in [-0.3, -0.25) is 9.59 Å². The van der Waals surface area contributed by atoms with E-state index >= 15 is 0 Å². The number of carbonyl (C=O) groups is 2. The normalized spacial score (nSPS) is 10.1. The van der Waals surface area contributed by atoms with Crippen LogP contribution in [0.1, 0.15) is 43.0 Å². The van der Waals surface area contributed by atoms with Gasteiger partial charge >= 0.3 is 0 Å². The summed E-state index contributed by atoms with van der Waals surface area (Å²) in [5.74, 6) is 0.874. The van der Waals surface area contributed by atoms with E-state index in [-0.39, 0.29) is 18.0 Å². The van der Waals surface area contributed by atoms with Gasteiger partial charge < -0.3 is 9.47 Å². The van der Waals surface area contributed by atoms with Crippen molar-refractivity contribution in [2.45, 2.75) is 32.6 Å². The van der Waals surface area contributed by atoms with E-state index in [1.807, 2.05) is 6.92 Å². The molecule has 0 unspecified atom stereocenters. The lowest BCUT2D eigenvalue weighted by atomic mass is 10.0. The lowest BCUT2D eigenvalue weighted by molar-refractivity contribution is -0.118. The molecule has 104 valence electrons. The first-order valence-electron chi connectivity index (χ1n) is 6.38. The number of unbranched alkanes of at least 4 members (excludes halogenated alkanes) is 1. The maximum atomic E-state index is 12.0. The van der Waals surface area contributed by atoms with E-state index < -0.39 is 0 Å². The summed E-state index contributed by atoms with van der Waals surface area (Å²) < 4.78 is 10.2. The molecule has 4 heteroatoms. The Kier molecular flexibility index (Phi) is 6.06. The molecule has 0 N–H and O–H groups in total. The predicted molar refractivity (Wildman–Crippen MR) is 73.0 cm³/mol. The predicted octanol–water partition coefficient (Wildman–Crippen LogP) is 3.04. The van der Waals surface area contributed by atoms with Crippen molar-refractivity contribution >= 4 is 11.6 Å². The van der Waals surface area contributed by atoms with Crippen LogP contribution in [-0.2, 0) is 4.79 Å². The van der Waals surface area contributed by atoms with Crippen LogP contribution in [0, 0.1) is 0 Å². The maximum absolute atomic E-state index is 12.0. The topological polar surface area (TPSA) is 52.6 Å². The van der Waals surface area contributed by atoms with Crippen LogP contribution < -0.4 is 9.47 Å². The Labute approximate surface area is 113 Å². The fourth-order valence-electron chi connectivity index (χ4n) is 1.71. The van der Waals surface area contributed by atoms with Crippen LogP contribution in [0.4, 0.5) is 0 Å². The van der Waals surface area contributed by atoms with Crippen molar-refractivity contribution in [1.82, 2.24) is 0 Å². The molecule has 0 saturated heterocycles. The Morgan fingerprint density at radius 1 is 1.05 bits per heavy atom. The summed E-state index contributed by atoms with van der Waals surface area (Å²) in [6.45, 7) is 2.02. The first-order valence-corrected chi connectivity index (χ1v) is 6.38. The molecule has 19 heavy (non-hydrogen) atoms. The van der Waals surface area contributed by atoms with E-state index in [1.165, 1.54) is 14.2 Å². The quantitative estimate of drug-likeness (QED) is 0.535. The number of methoxy groups -OCH3 is 2. The highest BCUT2D eigenvalue weighted by Crippen LogP contribution is 2.23. The minimum atomic E-state index is -0.196. The maximum Gasteiger partial charge on any atom is 0.170 e. The Morgan fingerprint density at radius 3 is 2.11 bits per heavy atom. The molecule has 0 aromatic heterocycles. The highest BCUT2D eigenvalue weighted by molar-refractivity contribution is 6.08. The number of benzene rings is 1. The first-order chi connectivity index (χ1) is 9.10. The van der Waals surface area contributed by atoms with Crippen LogP contribution in [0.3, 0.4) is 0 Å². The molecule has 0 bridgehead atoms. The van der Waals surface area contributed by atoms with Gasteiger partial charge in [0.25, 0.3) is 0 Å². The molecule has 0 amide bonds. The van der Waals surface area contributed by atoms with E-state index in [2.05, 4.69) is 0 Å². The highest BCUT2D eigenvalue weighted by Gasteiger charge is 2.13. The van der Waals surface area contributed by atoms with Crippen LogP contribution >= 0.6 is 0 Å². The van der Waals surface area contributed by atoms with Crippen molar-refractivity contribution in [3.63, 3.8) is 0 Å². The van der Waals surface area contributed by atoms with Gasteiger partial charge in [0, 0.05) is 18.1 Å². The number of hydrogen-bond acceptors (Lipinski definition) is 4. The van der Waals surface area contributed by atoms with E-state index in [9.17, 15) is 9.59 Å². The monoisotopic (exact) mass is 264 g/mol. The van der Waals surface area contributed by atoms with Gasteiger partial charge in [0.15, 0.2) is 5.78 Å². The molecule has 4 nitrogen and oxygen atoms in total. The van der Waals surface area contributed by atoms with Gasteiger partial charge in [-0.05, 0) is 18.6 Å². The molecule has 0 aliphatic rings. The third-order valence-electron chi connectivity index (χ3n) is 2.84. The molecule has 0 heterocycles. The number of carbonyl (C=O) groups excluding carboxylic acids is 2. The second-order valence-electron chi connectivity index (χ2n) is 4.34. The van der Waals surface area contributed by atoms with Gasteiger partial charge in [0.2, 0.25) is 0 Å². The molecule has 0 radical (unpaired) electrons. The first kappa shape index (κ1) is 15.2. The summed E-state index contributed by atoms with van der Waals surface area (Å²) in [5, 5.41) is 0. The molecule has 1 rings (SSSR count). The van der Waals surface area contributed by atoms with Gasteiger partial charge in [0.1, 0.15) is 17.3 Å². The van der Waals surface area contributed by atoms with Crippen LogP contribution in [0.2, 0.25) is 0 Å². The zero-order valence-electron chi connectivity index (χ0n) is 11.7. The average molecular weight is 264 g/mol. The fourth-order valence-corrected chi connectivity index (χ4v) is 1.71. The molecule has 1 aromatic rings. The Hall–Kier alpha value is -1.84. The van der Waals surface area contributed by atoms with Crippen molar-refractivity contribution in [3.05, 3.63) is 23.8 Å². The van der Waals surface area contributed by atoms with Gasteiger partial charge in [-0.15, -0.1) is 0 Å². The average Bonchev–Trinajstić information content (AvgIpc) is 2.44. The lowest BCUT2D eigenvalue weighted by Gasteiger charge is -2.07. The van der Waals surface area contributed by atoms with E-state index in [4.69, 9.17) is 9.47 Å². The Balaban J connectivity index is 2.78. The third-order valence-corrected chi connectivity index (χ3v) is 2.84. The Bertz CT molecular complexity index is 429. The summed E-state index contributed by atoms with van der Waals surface area (Å²) in [7, 11) is 3.05. The molecule has 0 fully saturated rings. The zero-order chi connectivity index (χ0) is 14.3. The number of ether oxygens (including phenoxy) is 2. The number of Topliss-reactive ketones (excluding diaryl/α,β-unsaturated/α-hetero) is 2. The molecule has 0 spiro atoms. The third kappa shape index (κ3) is 4.73. The number of rotatable bonds is 8. The zero-order valence-corrected chi connectivity index (χ0v) is 11.7. The van der Waals surface area contributed by atoms with Crippen LogP contribution in [0.25, 0.3) is 0 Å².